The lowest BCUT2D eigenvalue weighted by molar-refractivity contribution is -0.121. The number of allylic oxidation sites excluding steroid dienone is 4. The highest BCUT2D eigenvalue weighted by Crippen LogP contribution is 2.26. The van der Waals surface area contributed by atoms with Crippen LogP contribution in [0.2, 0.25) is 5.02 Å². The standard InChI is InChI=1S/C22H25Cl2N5O2/c1-15(23)4-3-5-20(25)27-8-10-28(11-9-27)22(31)18-13-29(14-21(30)26-2)19-12-16(24)6-7-17(18)19/h3-7,12-13H,1,8-11,14,25H2,2H3,(H,26,30)/b4-3-,20-5+. The summed E-state index contributed by atoms with van der Waals surface area (Å²) < 4.78 is 1.75. The number of fused-ring (bicyclic) bond motifs is 1. The summed E-state index contributed by atoms with van der Waals surface area (Å²) in [5.41, 5.74) is 7.42. The number of nitrogens with one attached hydrogen (secondary N) is 1. The number of likely N-dealkylation sites (N-methyl/N-ethyl adjacent to an activating group) is 1. The van der Waals surface area contributed by atoms with Gasteiger partial charge < -0.3 is 25.4 Å². The van der Waals surface area contributed by atoms with E-state index in [2.05, 4.69) is 11.9 Å². The molecule has 0 bridgehead atoms. The first-order valence-corrected chi connectivity index (χ1v) is 10.6. The first kappa shape index (κ1) is 22.8. The number of carbonyl (C=O) groups is 2. The predicted octanol–water partition coefficient (Wildman–Crippen LogP) is 2.91. The van der Waals surface area contributed by atoms with Gasteiger partial charge in [-0.25, -0.2) is 0 Å². The summed E-state index contributed by atoms with van der Waals surface area (Å²) in [6.07, 6.45) is 6.90. The minimum atomic E-state index is -0.154. The largest absolute Gasteiger partial charge is 0.385 e. The van der Waals surface area contributed by atoms with E-state index in [4.69, 9.17) is 28.9 Å². The Morgan fingerprint density at radius 2 is 1.90 bits per heavy atom. The van der Waals surface area contributed by atoms with Crippen molar-refractivity contribution in [3.63, 3.8) is 0 Å². The van der Waals surface area contributed by atoms with Crippen molar-refractivity contribution in [3.8, 4) is 0 Å². The summed E-state index contributed by atoms with van der Waals surface area (Å²) in [5, 5.41) is 4.35. The molecule has 0 spiro atoms. The number of benzene rings is 1. The van der Waals surface area contributed by atoms with E-state index in [1.165, 1.54) is 0 Å². The van der Waals surface area contributed by atoms with Crippen molar-refractivity contribution in [2.24, 2.45) is 5.73 Å². The molecule has 7 nitrogen and oxygen atoms in total. The molecule has 1 fully saturated rings. The van der Waals surface area contributed by atoms with E-state index in [0.29, 0.717) is 47.6 Å². The predicted molar refractivity (Wildman–Crippen MR) is 125 cm³/mol. The Bertz CT molecular complexity index is 1070. The van der Waals surface area contributed by atoms with Gasteiger partial charge in [-0.2, -0.15) is 0 Å². The molecule has 9 heteroatoms. The molecule has 1 saturated heterocycles. The fraction of sp³-hybridized carbons (Fsp3) is 0.273. The number of rotatable bonds is 6. The van der Waals surface area contributed by atoms with Gasteiger partial charge in [-0.1, -0.05) is 41.9 Å². The Balaban J connectivity index is 1.77. The van der Waals surface area contributed by atoms with Gasteiger partial charge in [0.15, 0.2) is 0 Å². The highest BCUT2D eigenvalue weighted by Gasteiger charge is 2.25. The normalized spacial score (nSPS) is 15.0. The van der Waals surface area contributed by atoms with Gasteiger partial charge in [0.2, 0.25) is 5.91 Å². The van der Waals surface area contributed by atoms with E-state index in [0.717, 1.165) is 10.9 Å². The van der Waals surface area contributed by atoms with E-state index in [-0.39, 0.29) is 18.4 Å². The van der Waals surface area contributed by atoms with Gasteiger partial charge in [-0.05, 0) is 24.3 Å². The van der Waals surface area contributed by atoms with Crippen LogP contribution < -0.4 is 11.1 Å². The second kappa shape index (κ2) is 9.94. The van der Waals surface area contributed by atoms with Crippen molar-refractivity contribution >= 4 is 45.9 Å². The molecule has 0 saturated carbocycles. The van der Waals surface area contributed by atoms with Gasteiger partial charge in [-0.15, -0.1) is 0 Å². The monoisotopic (exact) mass is 461 g/mol. The minimum absolute atomic E-state index is 0.0801. The van der Waals surface area contributed by atoms with Crippen molar-refractivity contribution in [1.29, 1.82) is 0 Å². The Hall–Kier alpha value is -2.90. The lowest BCUT2D eigenvalue weighted by Crippen LogP contribution is -2.49. The SMILES string of the molecule is C=C(Cl)/C=C\C=C(/N)N1CCN(C(=O)c2cn(CC(=O)NC)c3cc(Cl)ccc23)CC1. The summed E-state index contributed by atoms with van der Waals surface area (Å²) in [6.45, 7) is 6.01. The molecule has 1 aliphatic heterocycles. The second-order valence-electron chi connectivity index (χ2n) is 7.18. The lowest BCUT2D eigenvalue weighted by atomic mass is 10.1. The van der Waals surface area contributed by atoms with E-state index < -0.39 is 0 Å². The fourth-order valence-corrected chi connectivity index (χ4v) is 3.73. The Kier molecular flexibility index (Phi) is 7.30. The van der Waals surface area contributed by atoms with Gasteiger partial charge in [0.25, 0.3) is 5.91 Å². The highest BCUT2D eigenvalue weighted by molar-refractivity contribution is 6.31. The van der Waals surface area contributed by atoms with Crippen LogP contribution in [-0.2, 0) is 11.3 Å². The number of nitrogens with two attached hydrogens (primary N) is 1. The molecule has 2 heterocycles. The average molecular weight is 462 g/mol. The molecule has 3 rings (SSSR count). The van der Waals surface area contributed by atoms with Crippen molar-refractivity contribution in [3.05, 3.63) is 70.6 Å². The van der Waals surface area contributed by atoms with Crippen LogP contribution in [0.15, 0.2) is 60.1 Å². The quantitative estimate of drug-likeness (QED) is 0.647. The zero-order valence-electron chi connectivity index (χ0n) is 17.3. The van der Waals surface area contributed by atoms with Crippen LogP contribution in [0.25, 0.3) is 10.9 Å². The summed E-state index contributed by atoms with van der Waals surface area (Å²) in [5.74, 6) is 0.375. The number of carbonyl (C=O) groups excluding carboxylic acids is 2. The van der Waals surface area contributed by atoms with Crippen LogP contribution in [0, 0.1) is 0 Å². The molecular formula is C22H25Cl2N5O2. The maximum absolute atomic E-state index is 13.3. The summed E-state index contributed by atoms with van der Waals surface area (Å²) in [6, 6.07) is 5.33. The van der Waals surface area contributed by atoms with Crippen molar-refractivity contribution in [2.75, 3.05) is 33.2 Å². The maximum atomic E-state index is 13.3. The van der Waals surface area contributed by atoms with Crippen LogP contribution >= 0.6 is 23.2 Å². The third-order valence-electron chi connectivity index (χ3n) is 5.14. The molecule has 31 heavy (non-hydrogen) atoms. The minimum Gasteiger partial charge on any atom is -0.385 e. The number of hydrogen-bond donors (Lipinski definition) is 2. The number of piperazine rings is 1. The molecule has 1 aliphatic rings. The van der Waals surface area contributed by atoms with Crippen LogP contribution in [0.4, 0.5) is 0 Å². The van der Waals surface area contributed by atoms with E-state index in [9.17, 15) is 9.59 Å². The number of amides is 2. The molecule has 3 N–H and O–H groups in total. The smallest absolute Gasteiger partial charge is 0.256 e. The highest BCUT2D eigenvalue weighted by atomic mass is 35.5. The maximum Gasteiger partial charge on any atom is 0.256 e. The Morgan fingerprint density at radius 1 is 1.23 bits per heavy atom. The molecule has 0 unspecified atom stereocenters. The van der Waals surface area contributed by atoms with Gasteiger partial charge >= 0.3 is 0 Å². The zero-order chi connectivity index (χ0) is 22.5. The molecule has 1 aromatic carbocycles. The second-order valence-corrected chi connectivity index (χ2v) is 8.10. The summed E-state index contributed by atoms with van der Waals surface area (Å²) in [4.78, 5) is 29.0. The molecule has 0 radical (unpaired) electrons. The van der Waals surface area contributed by atoms with Gasteiger partial charge in [0, 0.05) is 54.9 Å². The summed E-state index contributed by atoms with van der Waals surface area (Å²) in [7, 11) is 1.58. The molecular weight excluding hydrogens is 437 g/mol. The first-order valence-electron chi connectivity index (χ1n) is 9.81. The topological polar surface area (TPSA) is 83.6 Å². The average Bonchev–Trinajstić information content (AvgIpc) is 3.10. The third kappa shape index (κ3) is 5.42. The van der Waals surface area contributed by atoms with Crippen LogP contribution in [-0.4, -0.2) is 59.4 Å². The van der Waals surface area contributed by atoms with Crippen LogP contribution in [0.3, 0.4) is 0 Å². The van der Waals surface area contributed by atoms with E-state index >= 15 is 0 Å². The first-order chi connectivity index (χ1) is 14.8. The number of hydrogen-bond acceptors (Lipinski definition) is 4. The number of halogens is 2. The van der Waals surface area contributed by atoms with Gasteiger partial charge in [0.1, 0.15) is 6.54 Å². The van der Waals surface area contributed by atoms with Gasteiger partial charge in [-0.3, -0.25) is 9.59 Å². The van der Waals surface area contributed by atoms with Gasteiger partial charge in [0.05, 0.1) is 16.9 Å². The van der Waals surface area contributed by atoms with Crippen LogP contribution in [0.5, 0.6) is 0 Å². The van der Waals surface area contributed by atoms with Crippen molar-refractivity contribution in [1.82, 2.24) is 19.7 Å². The number of nitrogens with zero attached hydrogens (tertiary/aromatic N) is 3. The molecule has 0 atom stereocenters. The molecule has 164 valence electrons. The Morgan fingerprint density at radius 3 is 2.55 bits per heavy atom. The molecule has 0 aliphatic carbocycles. The lowest BCUT2D eigenvalue weighted by Gasteiger charge is -2.36. The van der Waals surface area contributed by atoms with Crippen molar-refractivity contribution in [2.45, 2.75) is 6.54 Å². The van der Waals surface area contributed by atoms with Crippen LogP contribution in [0.1, 0.15) is 10.4 Å². The van der Waals surface area contributed by atoms with E-state index in [1.807, 2.05) is 11.0 Å². The molecule has 2 aromatic rings. The third-order valence-corrected chi connectivity index (χ3v) is 5.50. The molecule has 1 aromatic heterocycles. The summed E-state index contributed by atoms with van der Waals surface area (Å²) >= 11 is 11.9. The number of aromatic nitrogens is 1. The fourth-order valence-electron chi connectivity index (χ4n) is 3.49. The Labute approximate surface area is 191 Å². The van der Waals surface area contributed by atoms with E-state index in [1.54, 1.807) is 53.1 Å². The van der Waals surface area contributed by atoms with Crippen molar-refractivity contribution < 1.29 is 9.59 Å². The molecule has 2 amide bonds. The zero-order valence-corrected chi connectivity index (χ0v) is 18.8.